The van der Waals surface area contributed by atoms with Gasteiger partial charge in [0.2, 0.25) is 0 Å². The maximum Gasteiger partial charge on any atom is 0.0195 e. The molecule has 0 aromatic rings. The smallest absolute Gasteiger partial charge is 0.0195 e. The normalized spacial score (nSPS) is 38.7. The third kappa shape index (κ3) is 2.73. The summed E-state index contributed by atoms with van der Waals surface area (Å²) < 4.78 is 0. The van der Waals surface area contributed by atoms with Gasteiger partial charge in [-0.25, -0.2) is 0 Å². The van der Waals surface area contributed by atoms with Crippen LogP contribution in [-0.2, 0) is 0 Å². The zero-order chi connectivity index (χ0) is 12.5. The van der Waals surface area contributed by atoms with Gasteiger partial charge in [-0.05, 0) is 51.6 Å². The molecule has 2 saturated carbocycles. The summed E-state index contributed by atoms with van der Waals surface area (Å²) in [4.78, 5) is 5.40. The highest BCUT2D eigenvalue weighted by Crippen LogP contribution is 2.33. The third-order valence-electron chi connectivity index (χ3n) is 5.30. The van der Waals surface area contributed by atoms with Gasteiger partial charge in [0.1, 0.15) is 0 Å². The Morgan fingerprint density at radius 1 is 1.11 bits per heavy atom. The predicted molar refractivity (Wildman–Crippen MR) is 75.8 cm³/mol. The van der Waals surface area contributed by atoms with Gasteiger partial charge in [-0.3, -0.25) is 9.80 Å². The first-order chi connectivity index (χ1) is 8.78. The molecule has 3 fully saturated rings. The highest BCUT2D eigenvalue weighted by Gasteiger charge is 2.38. The molecule has 3 aliphatic rings. The summed E-state index contributed by atoms with van der Waals surface area (Å²) in [5, 5.41) is 3.72. The van der Waals surface area contributed by atoms with Gasteiger partial charge in [0.05, 0.1) is 0 Å². The molecule has 3 unspecified atom stereocenters. The van der Waals surface area contributed by atoms with E-state index in [2.05, 4.69) is 29.0 Å². The van der Waals surface area contributed by atoms with Crippen molar-refractivity contribution in [2.24, 2.45) is 5.92 Å². The van der Waals surface area contributed by atoms with E-state index in [4.69, 9.17) is 0 Å². The number of hydrogen-bond donors (Lipinski definition) is 1. The summed E-state index contributed by atoms with van der Waals surface area (Å²) in [7, 11) is 0. The van der Waals surface area contributed by atoms with Crippen molar-refractivity contribution < 1.29 is 0 Å². The molecule has 3 atom stereocenters. The predicted octanol–water partition coefficient (Wildman–Crippen LogP) is 1.54. The molecule has 104 valence electrons. The van der Waals surface area contributed by atoms with Crippen LogP contribution in [0.4, 0.5) is 0 Å². The van der Waals surface area contributed by atoms with E-state index in [9.17, 15) is 0 Å². The molecule has 1 N–H and O–H groups in total. The summed E-state index contributed by atoms with van der Waals surface area (Å²) in [5.41, 5.74) is 0. The molecule has 0 amide bonds. The number of nitrogens with zero attached hydrogens (tertiary/aromatic N) is 2. The fourth-order valence-corrected chi connectivity index (χ4v) is 3.67. The monoisotopic (exact) mass is 251 g/mol. The van der Waals surface area contributed by atoms with Crippen LogP contribution >= 0.6 is 0 Å². The van der Waals surface area contributed by atoms with Gasteiger partial charge in [0, 0.05) is 37.8 Å². The molecule has 1 saturated heterocycles. The van der Waals surface area contributed by atoms with Gasteiger partial charge in [-0.1, -0.05) is 6.92 Å². The van der Waals surface area contributed by atoms with Crippen LogP contribution in [0.5, 0.6) is 0 Å². The maximum atomic E-state index is 3.72. The molecule has 18 heavy (non-hydrogen) atoms. The van der Waals surface area contributed by atoms with Crippen molar-refractivity contribution in [2.45, 2.75) is 57.7 Å². The van der Waals surface area contributed by atoms with Crippen LogP contribution in [0.3, 0.4) is 0 Å². The molecule has 3 nitrogen and oxygen atoms in total. The fourth-order valence-electron chi connectivity index (χ4n) is 3.67. The van der Waals surface area contributed by atoms with Crippen molar-refractivity contribution >= 4 is 0 Å². The quantitative estimate of drug-likeness (QED) is 0.800. The van der Waals surface area contributed by atoms with Gasteiger partial charge >= 0.3 is 0 Å². The van der Waals surface area contributed by atoms with Crippen molar-refractivity contribution in [3.63, 3.8) is 0 Å². The molecular weight excluding hydrogens is 222 g/mol. The summed E-state index contributed by atoms with van der Waals surface area (Å²) in [6.45, 7) is 11.0. The van der Waals surface area contributed by atoms with E-state index in [1.54, 1.807) is 0 Å². The SMILES string of the molecule is CCN1CCN(C2CCC2CNC2CC2)CC1C. The second-order valence-corrected chi connectivity index (χ2v) is 6.56. The van der Waals surface area contributed by atoms with E-state index in [1.807, 2.05) is 0 Å². The lowest BCUT2D eigenvalue weighted by Gasteiger charge is -2.49. The van der Waals surface area contributed by atoms with Crippen molar-refractivity contribution in [2.75, 3.05) is 32.7 Å². The molecule has 3 heteroatoms. The Morgan fingerprint density at radius 3 is 2.50 bits per heavy atom. The lowest BCUT2D eigenvalue weighted by molar-refractivity contribution is -0.0000202. The minimum atomic E-state index is 0.751. The molecule has 0 bridgehead atoms. The second-order valence-electron chi connectivity index (χ2n) is 6.56. The van der Waals surface area contributed by atoms with Crippen LogP contribution < -0.4 is 5.32 Å². The second kappa shape index (κ2) is 5.48. The number of likely N-dealkylation sites (N-methyl/N-ethyl adjacent to an activating group) is 1. The third-order valence-corrected chi connectivity index (χ3v) is 5.30. The van der Waals surface area contributed by atoms with Gasteiger partial charge in [0.25, 0.3) is 0 Å². The largest absolute Gasteiger partial charge is 0.314 e. The lowest BCUT2D eigenvalue weighted by atomic mass is 9.78. The van der Waals surface area contributed by atoms with E-state index in [-0.39, 0.29) is 0 Å². The highest BCUT2D eigenvalue weighted by molar-refractivity contribution is 4.94. The van der Waals surface area contributed by atoms with Crippen LogP contribution in [0, 0.1) is 5.92 Å². The fraction of sp³-hybridized carbons (Fsp3) is 1.00. The number of piperazine rings is 1. The zero-order valence-electron chi connectivity index (χ0n) is 12.1. The zero-order valence-corrected chi connectivity index (χ0v) is 12.1. The Hall–Kier alpha value is -0.120. The van der Waals surface area contributed by atoms with Crippen LogP contribution in [0.15, 0.2) is 0 Å². The Kier molecular flexibility index (Phi) is 3.92. The minimum Gasteiger partial charge on any atom is -0.314 e. The Balaban J connectivity index is 1.46. The summed E-state index contributed by atoms with van der Waals surface area (Å²) in [6.07, 6.45) is 5.73. The van der Waals surface area contributed by atoms with E-state index < -0.39 is 0 Å². The molecule has 0 aromatic carbocycles. The molecule has 1 aliphatic heterocycles. The first-order valence-electron chi connectivity index (χ1n) is 7.99. The molecule has 0 spiro atoms. The summed E-state index contributed by atoms with van der Waals surface area (Å²) >= 11 is 0. The first kappa shape index (κ1) is 12.9. The molecule has 0 aromatic heterocycles. The van der Waals surface area contributed by atoms with Gasteiger partial charge in [0.15, 0.2) is 0 Å². The summed E-state index contributed by atoms with van der Waals surface area (Å²) in [5.74, 6) is 0.936. The Bertz CT molecular complexity index is 277. The molecule has 1 heterocycles. The number of rotatable bonds is 5. The van der Waals surface area contributed by atoms with Crippen LogP contribution in [0.1, 0.15) is 39.5 Å². The summed E-state index contributed by atoms with van der Waals surface area (Å²) in [6, 6.07) is 2.52. The van der Waals surface area contributed by atoms with Gasteiger partial charge in [-0.2, -0.15) is 0 Å². The van der Waals surface area contributed by atoms with Gasteiger partial charge in [-0.15, -0.1) is 0 Å². The minimum absolute atomic E-state index is 0.751. The van der Waals surface area contributed by atoms with Crippen molar-refractivity contribution in [1.82, 2.24) is 15.1 Å². The van der Waals surface area contributed by atoms with Gasteiger partial charge < -0.3 is 5.32 Å². The first-order valence-corrected chi connectivity index (χ1v) is 7.99. The van der Waals surface area contributed by atoms with E-state index >= 15 is 0 Å². The maximum absolute atomic E-state index is 3.72. The van der Waals surface area contributed by atoms with Crippen molar-refractivity contribution in [3.8, 4) is 0 Å². The molecule has 3 rings (SSSR count). The molecular formula is C15H29N3. The highest BCUT2D eigenvalue weighted by atomic mass is 15.3. The van der Waals surface area contributed by atoms with Crippen LogP contribution in [-0.4, -0.2) is 60.6 Å². The standard InChI is InChI=1S/C15H29N3/c1-3-17-8-9-18(11-12(17)2)15-7-4-13(15)10-16-14-5-6-14/h12-16H,3-11H2,1-2H3. The molecule has 0 radical (unpaired) electrons. The van der Waals surface area contributed by atoms with Crippen molar-refractivity contribution in [3.05, 3.63) is 0 Å². The average Bonchev–Trinajstić information content (AvgIpc) is 3.12. The topological polar surface area (TPSA) is 18.5 Å². The lowest BCUT2D eigenvalue weighted by Crippen LogP contribution is -2.59. The molecule has 2 aliphatic carbocycles. The van der Waals surface area contributed by atoms with E-state index in [0.29, 0.717) is 0 Å². The number of nitrogens with one attached hydrogen (secondary N) is 1. The van der Waals surface area contributed by atoms with Crippen LogP contribution in [0.2, 0.25) is 0 Å². The Labute approximate surface area is 112 Å². The Morgan fingerprint density at radius 2 is 1.94 bits per heavy atom. The van der Waals surface area contributed by atoms with E-state index in [0.717, 1.165) is 24.0 Å². The number of hydrogen-bond acceptors (Lipinski definition) is 3. The van der Waals surface area contributed by atoms with Crippen molar-refractivity contribution in [1.29, 1.82) is 0 Å². The van der Waals surface area contributed by atoms with E-state index in [1.165, 1.54) is 58.4 Å². The average molecular weight is 251 g/mol. The van der Waals surface area contributed by atoms with Crippen LogP contribution in [0.25, 0.3) is 0 Å².